The summed E-state index contributed by atoms with van der Waals surface area (Å²) in [6.45, 7) is 9.41. The van der Waals surface area contributed by atoms with Crippen LogP contribution in [0.1, 0.15) is 44.0 Å². The van der Waals surface area contributed by atoms with Gasteiger partial charge in [0.15, 0.2) is 0 Å². The first kappa shape index (κ1) is 29.5. The molecule has 9 nitrogen and oxygen atoms in total. The Morgan fingerprint density at radius 2 is 1.95 bits per heavy atom. The van der Waals surface area contributed by atoms with Crippen LogP contribution in [0.25, 0.3) is 10.2 Å². The van der Waals surface area contributed by atoms with E-state index in [1.807, 2.05) is 12.1 Å². The number of fused-ring (bicyclic) bond motifs is 1. The number of amides is 3. The van der Waals surface area contributed by atoms with Gasteiger partial charge in [0.25, 0.3) is 0 Å². The molecule has 1 unspecified atom stereocenters. The third kappa shape index (κ3) is 8.48. The average Bonchev–Trinajstić information content (AvgIpc) is 3.60. The van der Waals surface area contributed by atoms with E-state index in [4.69, 9.17) is 16.3 Å². The second-order valence-electron chi connectivity index (χ2n) is 10.3. The lowest BCUT2D eigenvalue weighted by molar-refractivity contribution is -0.129. The predicted octanol–water partition coefficient (Wildman–Crippen LogP) is 3.07. The highest BCUT2D eigenvalue weighted by Gasteiger charge is 2.30. The first-order chi connectivity index (χ1) is 18.8. The SMILES string of the molecule is C=C(CN1CCOCC1)C(=O)NCC(NC(=O)[C@H](Cc1nc2ccc(Cl)cc2s1)NC(=O)CC)C1CCCC1. The molecular weight excluding hydrogens is 538 g/mol. The molecule has 2 fully saturated rings. The van der Waals surface area contributed by atoms with Crippen LogP contribution in [0, 0.1) is 5.92 Å². The fourth-order valence-corrected chi connectivity index (χ4v) is 6.41. The number of hydrogen-bond acceptors (Lipinski definition) is 7. The van der Waals surface area contributed by atoms with Gasteiger partial charge in [0.2, 0.25) is 17.7 Å². The lowest BCUT2D eigenvalue weighted by atomic mass is 9.97. The third-order valence-corrected chi connectivity index (χ3v) is 8.64. The van der Waals surface area contributed by atoms with Gasteiger partial charge in [0, 0.05) is 55.7 Å². The van der Waals surface area contributed by atoms with Crippen LogP contribution in [0.4, 0.5) is 0 Å². The van der Waals surface area contributed by atoms with Crippen LogP contribution < -0.4 is 16.0 Å². The number of hydrogen-bond donors (Lipinski definition) is 3. The summed E-state index contributed by atoms with van der Waals surface area (Å²) in [6, 6.07) is 4.47. The van der Waals surface area contributed by atoms with Gasteiger partial charge in [-0.25, -0.2) is 4.98 Å². The number of morpholine rings is 1. The number of rotatable bonds is 12. The smallest absolute Gasteiger partial charge is 0.247 e. The fourth-order valence-electron chi connectivity index (χ4n) is 5.12. The third-order valence-electron chi connectivity index (χ3n) is 7.36. The zero-order valence-corrected chi connectivity index (χ0v) is 24.0. The maximum absolute atomic E-state index is 13.6. The summed E-state index contributed by atoms with van der Waals surface area (Å²) < 4.78 is 6.31. The van der Waals surface area contributed by atoms with Crippen LogP contribution in [-0.2, 0) is 25.5 Å². The van der Waals surface area contributed by atoms with E-state index in [9.17, 15) is 14.4 Å². The Balaban J connectivity index is 1.41. The van der Waals surface area contributed by atoms with Crippen LogP contribution in [0.5, 0.6) is 0 Å². The fraction of sp³-hybridized carbons (Fsp3) is 0.571. The minimum atomic E-state index is -0.774. The molecule has 0 spiro atoms. The molecule has 1 saturated carbocycles. The molecule has 2 aromatic rings. The molecule has 1 aliphatic heterocycles. The molecule has 4 rings (SSSR count). The Hall–Kier alpha value is -2.53. The second-order valence-corrected chi connectivity index (χ2v) is 11.8. The van der Waals surface area contributed by atoms with Crippen LogP contribution in [0.3, 0.4) is 0 Å². The molecule has 1 aromatic heterocycles. The molecule has 0 radical (unpaired) electrons. The van der Waals surface area contributed by atoms with Crippen molar-refractivity contribution in [2.24, 2.45) is 5.92 Å². The van der Waals surface area contributed by atoms with Crippen LogP contribution in [0.15, 0.2) is 30.4 Å². The van der Waals surface area contributed by atoms with Gasteiger partial charge in [-0.15, -0.1) is 11.3 Å². The van der Waals surface area contributed by atoms with Crippen LogP contribution in [0.2, 0.25) is 5.02 Å². The number of nitrogens with zero attached hydrogens (tertiary/aromatic N) is 2. The van der Waals surface area contributed by atoms with E-state index in [2.05, 4.69) is 32.4 Å². The molecule has 212 valence electrons. The standard InChI is InChI=1S/C28H38ClN5O4S/c1-3-25(35)31-22(15-26-32-21-9-8-20(29)14-24(21)39-26)28(37)33-23(19-6-4-5-7-19)16-30-27(36)18(2)17-34-10-12-38-13-11-34/h8-9,14,19,22-23H,2-7,10-13,15-17H2,1H3,(H,30,36)(H,31,35)(H,33,37)/t22-,23?/m0/s1. The highest BCUT2D eigenvalue weighted by Crippen LogP contribution is 2.28. The molecular formula is C28H38ClN5O4S. The van der Waals surface area contributed by atoms with E-state index in [0.29, 0.717) is 36.9 Å². The van der Waals surface area contributed by atoms with Gasteiger partial charge in [0.1, 0.15) is 6.04 Å². The predicted molar refractivity (Wildman–Crippen MR) is 154 cm³/mol. The Bertz CT molecular complexity index is 1180. The molecule has 3 N–H and O–H groups in total. The minimum Gasteiger partial charge on any atom is -0.379 e. The van der Waals surface area contributed by atoms with Gasteiger partial charge < -0.3 is 20.7 Å². The minimum absolute atomic E-state index is 0.204. The van der Waals surface area contributed by atoms with Gasteiger partial charge in [-0.2, -0.15) is 0 Å². The molecule has 1 aliphatic carbocycles. The number of benzene rings is 1. The normalized spacial score (nSPS) is 18.0. The van der Waals surface area contributed by atoms with E-state index in [1.165, 1.54) is 11.3 Å². The summed E-state index contributed by atoms with van der Waals surface area (Å²) in [6.07, 6.45) is 4.71. The highest BCUT2D eigenvalue weighted by molar-refractivity contribution is 7.18. The Morgan fingerprint density at radius 3 is 2.67 bits per heavy atom. The molecule has 2 atom stereocenters. The Morgan fingerprint density at radius 1 is 1.21 bits per heavy atom. The molecule has 1 aromatic carbocycles. The van der Waals surface area contributed by atoms with Crippen molar-refractivity contribution >= 4 is 50.9 Å². The molecule has 39 heavy (non-hydrogen) atoms. The summed E-state index contributed by atoms with van der Waals surface area (Å²) in [7, 11) is 0. The molecule has 11 heteroatoms. The van der Waals surface area contributed by atoms with E-state index < -0.39 is 6.04 Å². The van der Waals surface area contributed by atoms with Crippen molar-refractivity contribution in [3.05, 3.63) is 40.4 Å². The number of thiazole rings is 1. The monoisotopic (exact) mass is 575 g/mol. The maximum Gasteiger partial charge on any atom is 0.247 e. The second kappa shape index (κ2) is 14.2. The number of nitrogens with one attached hydrogen (secondary N) is 3. The van der Waals surface area contributed by atoms with Crippen molar-refractivity contribution in [2.45, 2.75) is 57.5 Å². The van der Waals surface area contributed by atoms with Crippen molar-refractivity contribution in [2.75, 3.05) is 39.4 Å². The maximum atomic E-state index is 13.6. The number of ether oxygens (including phenoxy) is 1. The molecule has 2 aliphatic rings. The van der Waals surface area contributed by atoms with Crippen LogP contribution >= 0.6 is 22.9 Å². The summed E-state index contributed by atoms with van der Waals surface area (Å²) in [5, 5.41) is 10.4. The van der Waals surface area contributed by atoms with Crippen molar-refractivity contribution in [3.8, 4) is 0 Å². The van der Waals surface area contributed by atoms with Gasteiger partial charge in [-0.1, -0.05) is 37.9 Å². The topological polar surface area (TPSA) is 113 Å². The molecule has 3 amide bonds. The molecule has 1 saturated heterocycles. The first-order valence-electron chi connectivity index (χ1n) is 13.7. The number of halogens is 1. The van der Waals surface area contributed by atoms with Crippen LogP contribution in [-0.4, -0.2) is 79.1 Å². The highest BCUT2D eigenvalue weighted by atomic mass is 35.5. The number of carbonyl (C=O) groups excluding carboxylic acids is 3. The average molecular weight is 576 g/mol. The quantitative estimate of drug-likeness (QED) is 0.335. The van der Waals surface area contributed by atoms with Gasteiger partial charge in [0.05, 0.1) is 28.4 Å². The van der Waals surface area contributed by atoms with Gasteiger partial charge >= 0.3 is 0 Å². The summed E-state index contributed by atoms with van der Waals surface area (Å²) in [5.41, 5.74) is 1.31. The van der Waals surface area contributed by atoms with E-state index in [0.717, 1.165) is 54.0 Å². The van der Waals surface area contributed by atoms with Crippen molar-refractivity contribution < 1.29 is 19.1 Å². The lowest BCUT2D eigenvalue weighted by Crippen LogP contribution is -2.55. The molecule has 0 bridgehead atoms. The zero-order chi connectivity index (χ0) is 27.8. The van der Waals surface area contributed by atoms with Crippen molar-refractivity contribution in [3.63, 3.8) is 0 Å². The van der Waals surface area contributed by atoms with E-state index in [-0.39, 0.29) is 42.5 Å². The first-order valence-corrected chi connectivity index (χ1v) is 14.9. The van der Waals surface area contributed by atoms with Crippen molar-refractivity contribution in [1.29, 1.82) is 0 Å². The summed E-state index contributed by atoms with van der Waals surface area (Å²) >= 11 is 7.59. The van der Waals surface area contributed by atoms with Gasteiger partial charge in [-0.3, -0.25) is 19.3 Å². The Kier molecular flexibility index (Phi) is 10.7. The van der Waals surface area contributed by atoms with Gasteiger partial charge in [-0.05, 0) is 37.0 Å². The largest absolute Gasteiger partial charge is 0.379 e. The zero-order valence-electron chi connectivity index (χ0n) is 22.5. The summed E-state index contributed by atoms with van der Waals surface area (Å²) in [5.74, 6) is -0.423. The molecule has 2 heterocycles. The number of aromatic nitrogens is 1. The Labute approximate surface area is 238 Å². The number of carbonyl (C=O) groups is 3. The van der Waals surface area contributed by atoms with E-state index in [1.54, 1.807) is 13.0 Å². The summed E-state index contributed by atoms with van der Waals surface area (Å²) in [4.78, 5) is 45.5. The lowest BCUT2D eigenvalue weighted by Gasteiger charge is -2.29. The van der Waals surface area contributed by atoms with E-state index >= 15 is 0 Å². The van der Waals surface area contributed by atoms with Crippen molar-refractivity contribution in [1.82, 2.24) is 25.8 Å².